The third kappa shape index (κ3) is 4.89. The highest BCUT2D eigenvalue weighted by Gasteiger charge is 2.19. The van der Waals surface area contributed by atoms with Gasteiger partial charge in [0.1, 0.15) is 5.75 Å². The van der Waals surface area contributed by atoms with E-state index in [1.54, 1.807) is 11.8 Å². The molecule has 28 heavy (non-hydrogen) atoms. The zero-order valence-electron chi connectivity index (χ0n) is 16.1. The summed E-state index contributed by atoms with van der Waals surface area (Å²) in [5.41, 5.74) is 1.92. The van der Waals surface area contributed by atoms with Crippen LogP contribution in [0.1, 0.15) is 19.4 Å². The molecule has 3 rings (SSSR count). The number of aromatic nitrogens is 4. The molecule has 0 atom stereocenters. The van der Waals surface area contributed by atoms with E-state index in [4.69, 9.17) is 4.74 Å². The monoisotopic (exact) mass is 397 g/mol. The van der Waals surface area contributed by atoms with Gasteiger partial charge < -0.3 is 9.64 Å². The summed E-state index contributed by atoms with van der Waals surface area (Å²) in [5.74, 6) is 1.07. The lowest BCUT2D eigenvalue weighted by molar-refractivity contribution is -0.130. The summed E-state index contributed by atoms with van der Waals surface area (Å²) in [6.45, 7) is 4.63. The van der Waals surface area contributed by atoms with Gasteiger partial charge in [0, 0.05) is 12.6 Å². The van der Waals surface area contributed by atoms with Gasteiger partial charge in [0.25, 0.3) is 0 Å². The second kappa shape index (κ2) is 9.36. The number of tetrazole rings is 1. The quantitative estimate of drug-likeness (QED) is 0.544. The van der Waals surface area contributed by atoms with Gasteiger partial charge in [0.05, 0.1) is 18.6 Å². The summed E-state index contributed by atoms with van der Waals surface area (Å²) in [4.78, 5) is 14.7. The fraction of sp³-hybridized carbons (Fsp3) is 0.300. The lowest BCUT2D eigenvalue weighted by Gasteiger charge is -2.26. The van der Waals surface area contributed by atoms with Crippen LogP contribution in [-0.2, 0) is 11.3 Å². The first-order valence-corrected chi connectivity index (χ1v) is 9.96. The highest BCUT2D eigenvalue weighted by molar-refractivity contribution is 7.99. The van der Waals surface area contributed by atoms with Crippen LogP contribution in [0.25, 0.3) is 5.69 Å². The minimum atomic E-state index is 0.0492. The van der Waals surface area contributed by atoms with Gasteiger partial charge in [-0.3, -0.25) is 4.79 Å². The number of carbonyl (C=O) groups is 1. The van der Waals surface area contributed by atoms with Crippen LogP contribution in [0.15, 0.2) is 59.8 Å². The number of methoxy groups -OCH3 is 1. The van der Waals surface area contributed by atoms with Gasteiger partial charge in [0.15, 0.2) is 0 Å². The molecule has 0 fully saturated rings. The molecule has 146 valence electrons. The molecular weight excluding hydrogens is 374 g/mol. The molecule has 0 radical (unpaired) electrons. The molecule has 0 saturated carbocycles. The zero-order chi connectivity index (χ0) is 19.9. The van der Waals surface area contributed by atoms with Crippen LogP contribution in [-0.4, -0.2) is 49.9 Å². The fourth-order valence-electron chi connectivity index (χ4n) is 2.70. The first kappa shape index (κ1) is 19.9. The molecule has 0 N–H and O–H groups in total. The van der Waals surface area contributed by atoms with Crippen LogP contribution in [0.5, 0.6) is 5.75 Å². The standard InChI is InChI=1S/C20H23N5O2S/c1-15(2)24(13-16-7-5-4-6-8-16)19(26)14-28-20-21-22-23-25(20)17-9-11-18(27-3)12-10-17/h4-12,15H,13-14H2,1-3H3. The lowest BCUT2D eigenvalue weighted by Crippen LogP contribution is -2.37. The second-order valence-electron chi connectivity index (χ2n) is 6.46. The molecule has 0 unspecified atom stereocenters. The van der Waals surface area contributed by atoms with Crippen molar-refractivity contribution in [1.29, 1.82) is 0 Å². The van der Waals surface area contributed by atoms with E-state index < -0.39 is 0 Å². The van der Waals surface area contributed by atoms with E-state index in [2.05, 4.69) is 15.5 Å². The molecule has 3 aromatic rings. The van der Waals surface area contributed by atoms with Crippen molar-refractivity contribution in [1.82, 2.24) is 25.1 Å². The van der Waals surface area contributed by atoms with Gasteiger partial charge in [-0.15, -0.1) is 5.10 Å². The molecule has 0 aliphatic heterocycles. The Hall–Kier alpha value is -2.87. The maximum absolute atomic E-state index is 12.8. The first-order valence-electron chi connectivity index (χ1n) is 8.97. The number of thioether (sulfide) groups is 1. The Bertz CT molecular complexity index is 896. The Kier molecular flexibility index (Phi) is 6.65. The molecule has 0 aliphatic rings. The number of hydrogen-bond donors (Lipinski definition) is 0. The minimum Gasteiger partial charge on any atom is -0.497 e. The number of rotatable bonds is 8. The van der Waals surface area contributed by atoms with E-state index in [0.717, 1.165) is 17.0 Å². The normalized spacial score (nSPS) is 10.9. The average Bonchev–Trinajstić information content (AvgIpc) is 3.19. The van der Waals surface area contributed by atoms with Crippen molar-refractivity contribution in [3.05, 3.63) is 60.2 Å². The van der Waals surface area contributed by atoms with Crippen LogP contribution in [0.2, 0.25) is 0 Å². The molecule has 0 spiro atoms. The van der Waals surface area contributed by atoms with Crippen LogP contribution in [0, 0.1) is 0 Å². The van der Waals surface area contributed by atoms with Crippen molar-refractivity contribution in [2.24, 2.45) is 0 Å². The van der Waals surface area contributed by atoms with E-state index in [0.29, 0.717) is 11.7 Å². The number of hydrogen-bond acceptors (Lipinski definition) is 6. The number of carbonyl (C=O) groups excluding carboxylic acids is 1. The summed E-state index contributed by atoms with van der Waals surface area (Å²) < 4.78 is 6.80. The third-order valence-corrected chi connectivity index (χ3v) is 5.13. The predicted octanol–water partition coefficient (Wildman–Crippen LogP) is 3.20. The summed E-state index contributed by atoms with van der Waals surface area (Å²) in [6, 6.07) is 17.5. The molecule has 0 bridgehead atoms. The summed E-state index contributed by atoms with van der Waals surface area (Å²) in [7, 11) is 1.62. The zero-order valence-corrected chi connectivity index (χ0v) is 17.0. The van der Waals surface area contributed by atoms with Crippen molar-refractivity contribution in [2.45, 2.75) is 31.6 Å². The Balaban J connectivity index is 1.67. The van der Waals surface area contributed by atoms with E-state index in [1.165, 1.54) is 11.8 Å². The van der Waals surface area contributed by atoms with Gasteiger partial charge >= 0.3 is 0 Å². The van der Waals surface area contributed by atoms with Crippen molar-refractivity contribution >= 4 is 17.7 Å². The summed E-state index contributed by atoms with van der Waals surface area (Å²) in [5, 5.41) is 12.4. The molecule has 0 aliphatic carbocycles. The molecule has 7 nitrogen and oxygen atoms in total. The number of benzene rings is 2. The highest BCUT2D eigenvalue weighted by Crippen LogP contribution is 2.21. The Morgan fingerprint density at radius 1 is 1.14 bits per heavy atom. The van der Waals surface area contributed by atoms with Gasteiger partial charge in [-0.1, -0.05) is 42.1 Å². The van der Waals surface area contributed by atoms with Crippen molar-refractivity contribution in [3.63, 3.8) is 0 Å². The second-order valence-corrected chi connectivity index (χ2v) is 7.40. The average molecular weight is 398 g/mol. The van der Waals surface area contributed by atoms with E-state index >= 15 is 0 Å². The van der Waals surface area contributed by atoms with Crippen molar-refractivity contribution < 1.29 is 9.53 Å². The molecular formula is C20H23N5O2S. The number of nitrogens with zero attached hydrogens (tertiary/aromatic N) is 5. The maximum atomic E-state index is 12.8. The van der Waals surface area contributed by atoms with Crippen LogP contribution in [0.4, 0.5) is 0 Å². The third-order valence-electron chi connectivity index (χ3n) is 4.22. The summed E-state index contributed by atoms with van der Waals surface area (Å²) >= 11 is 1.33. The largest absolute Gasteiger partial charge is 0.497 e. The Morgan fingerprint density at radius 3 is 2.50 bits per heavy atom. The van der Waals surface area contributed by atoms with E-state index in [9.17, 15) is 4.79 Å². The molecule has 8 heteroatoms. The molecule has 1 aromatic heterocycles. The van der Waals surface area contributed by atoms with Gasteiger partial charge in [0.2, 0.25) is 11.1 Å². The topological polar surface area (TPSA) is 73.1 Å². The van der Waals surface area contributed by atoms with Crippen molar-refractivity contribution in [3.8, 4) is 11.4 Å². The SMILES string of the molecule is COc1ccc(-n2nnnc2SCC(=O)N(Cc2ccccc2)C(C)C)cc1. The van der Waals surface area contributed by atoms with E-state index in [-0.39, 0.29) is 17.7 Å². The highest BCUT2D eigenvalue weighted by atomic mass is 32.2. The number of amides is 1. The lowest BCUT2D eigenvalue weighted by atomic mass is 10.2. The molecule has 0 saturated heterocycles. The van der Waals surface area contributed by atoms with Gasteiger partial charge in [-0.05, 0) is 54.1 Å². The molecule has 2 aromatic carbocycles. The Morgan fingerprint density at radius 2 is 1.86 bits per heavy atom. The molecule has 1 heterocycles. The smallest absolute Gasteiger partial charge is 0.233 e. The van der Waals surface area contributed by atoms with Crippen molar-refractivity contribution in [2.75, 3.05) is 12.9 Å². The first-order chi connectivity index (χ1) is 13.6. The summed E-state index contributed by atoms with van der Waals surface area (Å²) in [6.07, 6.45) is 0. The molecule has 1 amide bonds. The van der Waals surface area contributed by atoms with Gasteiger partial charge in [-0.2, -0.15) is 4.68 Å². The Labute approximate surface area is 168 Å². The maximum Gasteiger partial charge on any atom is 0.233 e. The van der Waals surface area contributed by atoms with Crippen LogP contribution >= 0.6 is 11.8 Å². The van der Waals surface area contributed by atoms with Crippen LogP contribution in [0.3, 0.4) is 0 Å². The fourth-order valence-corrected chi connectivity index (χ4v) is 3.48. The predicted molar refractivity (Wildman–Crippen MR) is 109 cm³/mol. The van der Waals surface area contributed by atoms with E-state index in [1.807, 2.05) is 73.3 Å². The number of ether oxygens (including phenoxy) is 1. The van der Waals surface area contributed by atoms with Gasteiger partial charge in [-0.25, -0.2) is 0 Å². The van der Waals surface area contributed by atoms with Crippen LogP contribution < -0.4 is 4.74 Å². The minimum absolute atomic E-state index is 0.0492.